The van der Waals surface area contributed by atoms with Gasteiger partial charge < -0.3 is 4.74 Å². The van der Waals surface area contributed by atoms with E-state index < -0.39 is 6.09 Å². The first-order chi connectivity index (χ1) is 3.66. The van der Waals surface area contributed by atoms with E-state index in [1.165, 1.54) is 6.92 Å². The third kappa shape index (κ3) is 3.10. The molecule has 0 aromatic heterocycles. The van der Waals surface area contributed by atoms with Crippen molar-refractivity contribution in [2.45, 2.75) is 6.92 Å². The van der Waals surface area contributed by atoms with Gasteiger partial charge >= 0.3 is 6.09 Å². The molecule has 0 spiro atoms. The zero-order chi connectivity index (χ0) is 6.57. The Kier molecular flexibility index (Phi) is 2.57. The maximum absolute atomic E-state index is 10.0. The van der Waals surface area contributed by atoms with Crippen LogP contribution in [0.3, 0.4) is 0 Å². The van der Waals surface area contributed by atoms with Gasteiger partial charge in [0, 0.05) is 6.92 Å². The lowest BCUT2D eigenvalue weighted by Gasteiger charge is -1.96. The summed E-state index contributed by atoms with van der Waals surface area (Å²) in [5.41, 5.74) is 1.69. The Morgan fingerprint density at radius 1 is 1.88 bits per heavy atom. The van der Waals surface area contributed by atoms with Crippen molar-refractivity contribution in [2.24, 2.45) is 5.84 Å². The Labute approximate surface area is 46.3 Å². The minimum absolute atomic E-state index is 0.187. The molecule has 0 aromatic rings. The monoisotopic (exact) mass is 117 g/mol. The lowest BCUT2D eigenvalue weighted by atomic mass is 10.8. The second-order valence-corrected chi connectivity index (χ2v) is 1.09. The van der Waals surface area contributed by atoms with E-state index in [1.54, 1.807) is 5.43 Å². The predicted molar refractivity (Wildman–Crippen MR) is 27.2 cm³/mol. The molecule has 0 atom stereocenters. The number of hydrazine groups is 1. The van der Waals surface area contributed by atoms with Gasteiger partial charge in [0.2, 0.25) is 0 Å². The van der Waals surface area contributed by atoms with E-state index in [0.29, 0.717) is 0 Å². The fourth-order valence-electron chi connectivity index (χ4n) is 0.169. The molecule has 0 saturated carbocycles. The highest BCUT2D eigenvalue weighted by atomic mass is 16.6. The standard InChI is InChI=1S/C3H7N3O2/c1-2(4)8-3(7)6-5/h4H,5H2,1H3,(H,6,7). The summed E-state index contributed by atoms with van der Waals surface area (Å²) in [7, 11) is 0. The smallest absolute Gasteiger partial charge is 0.395 e. The Hall–Kier alpha value is -1.10. The van der Waals surface area contributed by atoms with Crippen LogP contribution in [0.1, 0.15) is 6.92 Å². The summed E-state index contributed by atoms with van der Waals surface area (Å²) in [4.78, 5) is 10.0. The largest absolute Gasteiger partial charge is 0.427 e. The summed E-state index contributed by atoms with van der Waals surface area (Å²) in [6.45, 7) is 1.33. The zero-order valence-corrected chi connectivity index (χ0v) is 4.39. The van der Waals surface area contributed by atoms with Crippen LogP contribution in [0.15, 0.2) is 0 Å². The van der Waals surface area contributed by atoms with E-state index in [2.05, 4.69) is 10.6 Å². The van der Waals surface area contributed by atoms with E-state index in [1.807, 2.05) is 0 Å². The third-order valence-corrected chi connectivity index (χ3v) is 0.364. The quantitative estimate of drug-likeness (QED) is 0.132. The number of hydrogen-bond donors (Lipinski definition) is 3. The van der Waals surface area contributed by atoms with Crippen LogP contribution in [-0.4, -0.2) is 12.0 Å². The van der Waals surface area contributed by atoms with Crippen LogP contribution < -0.4 is 11.3 Å². The lowest BCUT2D eigenvalue weighted by Crippen LogP contribution is -2.31. The zero-order valence-electron chi connectivity index (χ0n) is 4.39. The van der Waals surface area contributed by atoms with Crippen molar-refractivity contribution in [1.82, 2.24) is 5.43 Å². The lowest BCUT2D eigenvalue weighted by molar-refractivity contribution is 0.197. The highest BCUT2D eigenvalue weighted by Gasteiger charge is 1.96. The second kappa shape index (κ2) is 2.98. The Balaban J connectivity index is 3.40. The fourth-order valence-corrected chi connectivity index (χ4v) is 0.169. The molecule has 0 bridgehead atoms. The first kappa shape index (κ1) is 6.90. The van der Waals surface area contributed by atoms with Crippen LogP contribution in [0.5, 0.6) is 0 Å². The van der Waals surface area contributed by atoms with Crippen molar-refractivity contribution in [1.29, 1.82) is 5.41 Å². The van der Waals surface area contributed by atoms with Crippen molar-refractivity contribution < 1.29 is 9.53 Å². The topological polar surface area (TPSA) is 88.2 Å². The number of ether oxygens (including phenoxy) is 1. The number of nitrogens with one attached hydrogen (secondary N) is 2. The molecule has 0 aliphatic rings. The first-order valence-corrected chi connectivity index (χ1v) is 1.90. The van der Waals surface area contributed by atoms with Gasteiger partial charge in [0.15, 0.2) is 5.90 Å². The van der Waals surface area contributed by atoms with Gasteiger partial charge in [-0.3, -0.25) is 10.8 Å². The molecule has 0 heterocycles. The molecule has 0 rings (SSSR count). The molecule has 5 heteroatoms. The van der Waals surface area contributed by atoms with Crippen LogP contribution in [0.4, 0.5) is 4.79 Å². The van der Waals surface area contributed by atoms with Gasteiger partial charge in [-0.2, -0.15) is 0 Å². The number of hydrogen-bond acceptors (Lipinski definition) is 4. The molecule has 0 saturated heterocycles. The molecule has 0 fully saturated rings. The molecule has 1 amide bonds. The van der Waals surface area contributed by atoms with E-state index in [0.717, 1.165) is 0 Å². The van der Waals surface area contributed by atoms with Crippen LogP contribution in [0.25, 0.3) is 0 Å². The van der Waals surface area contributed by atoms with Crippen molar-refractivity contribution in [3.8, 4) is 0 Å². The van der Waals surface area contributed by atoms with E-state index in [9.17, 15) is 4.79 Å². The van der Waals surface area contributed by atoms with Gasteiger partial charge in [-0.15, -0.1) is 0 Å². The Bertz CT molecular complexity index is 111. The molecule has 0 aromatic carbocycles. The normalized spacial score (nSPS) is 7.75. The number of carbonyl (C=O) groups excluding carboxylic acids is 1. The third-order valence-electron chi connectivity index (χ3n) is 0.364. The van der Waals surface area contributed by atoms with Crippen LogP contribution in [-0.2, 0) is 4.74 Å². The van der Waals surface area contributed by atoms with Gasteiger partial charge in [-0.1, -0.05) is 0 Å². The van der Waals surface area contributed by atoms with Gasteiger partial charge in [0.05, 0.1) is 0 Å². The number of carbonyl (C=O) groups is 1. The molecular weight excluding hydrogens is 110 g/mol. The second-order valence-electron chi connectivity index (χ2n) is 1.09. The Morgan fingerprint density at radius 2 is 2.38 bits per heavy atom. The molecule has 0 radical (unpaired) electrons. The molecule has 0 aliphatic heterocycles. The fraction of sp³-hybridized carbons (Fsp3) is 0.333. The SMILES string of the molecule is CC(=N)OC(=O)NN. The molecule has 5 nitrogen and oxygen atoms in total. The summed E-state index contributed by atoms with van der Waals surface area (Å²) in [5.74, 6) is 4.41. The van der Waals surface area contributed by atoms with E-state index in [4.69, 9.17) is 5.41 Å². The van der Waals surface area contributed by atoms with Crippen LogP contribution in [0, 0.1) is 5.41 Å². The Morgan fingerprint density at radius 3 is 2.50 bits per heavy atom. The number of nitrogens with two attached hydrogens (primary N) is 1. The summed E-state index contributed by atoms with van der Waals surface area (Å²) in [5, 5.41) is 6.59. The summed E-state index contributed by atoms with van der Waals surface area (Å²) in [6, 6.07) is 0. The average molecular weight is 117 g/mol. The molecule has 8 heavy (non-hydrogen) atoms. The van der Waals surface area contributed by atoms with Gasteiger partial charge in [-0.25, -0.2) is 10.6 Å². The van der Waals surface area contributed by atoms with Crippen molar-refractivity contribution in [3.63, 3.8) is 0 Å². The summed E-state index contributed by atoms with van der Waals surface area (Å²) >= 11 is 0. The average Bonchev–Trinajstić information content (AvgIpc) is 1.65. The van der Waals surface area contributed by atoms with Crippen LogP contribution in [0.2, 0.25) is 0 Å². The molecule has 46 valence electrons. The highest BCUT2D eigenvalue weighted by molar-refractivity contribution is 5.84. The highest BCUT2D eigenvalue weighted by Crippen LogP contribution is 1.74. The van der Waals surface area contributed by atoms with Crippen LogP contribution >= 0.6 is 0 Å². The minimum atomic E-state index is -0.822. The van der Waals surface area contributed by atoms with Crippen molar-refractivity contribution >= 4 is 12.0 Å². The number of amides is 1. The molecular formula is C3H7N3O2. The summed E-state index contributed by atoms with van der Waals surface area (Å²) < 4.78 is 4.11. The van der Waals surface area contributed by atoms with Crippen molar-refractivity contribution in [2.75, 3.05) is 0 Å². The van der Waals surface area contributed by atoms with E-state index >= 15 is 0 Å². The maximum atomic E-state index is 10.0. The maximum Gasteiger partial charge on any atom is 0.427 e. The van der Waals surface area contributed by atoms with Gasteiger partial charge in [0.25, 0.3) is 0 Å². The molecule has 0 unspecified atom stereocenters. The van der Waals surface area contributed by atoms with Gasteiger partial charge in [-0.05, 0) is 0 Å². The van der Waals surface area contributed by atoms with Crippen molar-refractivity contribution in [3.05, 3.63) is 0 Å². The molecule has 0 aliphatic carbocycles. The minimum Gasteiger partial charge on any atom is -0.395 e. The number of rotatable bonds is 0. The van der Waals surface area contributed by atoms with E-state index in [-0.39, 0.29) is 5.90 Å². The first-order valence-electron chi connectivity index (χ1n) is 1.90. The summed E-state index contributed by atoms with van der Waals surface area (Å²) in [6.07, 6.45) is -0.822. The van der Waals surface area contributed by atoms with Gasteiger partial charge in [0.1, 0.15) is 0 Å². The predicted octanol–water partition coefficient (Wildman–Crippen LogP) is -0.417. The molecule has 4 N–H and O–H groups in total.